The number of piperidine rings is 1. The Morgan fingerprint density at radius 2 is 1.89 bits per heavy atom. The molecule has 0 aliphatic carbocycles. The number of ether oxygens (including phenoxy) is 1. The average molecular weight is 286 g/mol. The molecule has 0 N–H and O–H groups in total. The Hall–Kier alpha value is 0.230. The van der Waals surface area contributed by atoms with Crippen LogP contribution in [0.2, 0.25) is 0 Å². The molecule has 112 valence electrons. The number of likely N-dealkylation sites (tertiary alicyclic amines) is 2. The molecule has 0 radical (unpaired) electrons. The van der Waals surface area contributed by atoms with Crippen LogP contribution in [0.15, 0.2) is 0 Å². The molecule has 0 aromatic carbocycles. The summed E-state index contributed by atoms with van der Waals surface area (Å²) < 4.78 is 5.23. The molecule has 1 atom stereocenters. The van der Waals surface area contributed by atoms with Gasteiger partial charge in [0.1, 0.15) is 0 Å². The van der Waals surface area contributed by atoms with Crippen LogP contribution in [0.5, 0.6) is 0 Å². The van der Waals surface area contributed by atoms with Crippen LogP contribution in [0.1, 0.15) is 25.7 Å². The van der Waals surface area contributed by atoms with E-state index in [1.165, 1.54) is 64.2 Å². The molecule has 3 nitrogen and oxygen atoms in total. The quantitative estimate of drug-likeness (QED) is 0.666. The minimum absolute atomic E-state index is 0.603. The summed E-state index contributed by atoms with van der Waals surface area (Å²) in [6.07, 6.45) is 7.79. The van der Waals surface area contributed by atoms with Gasteiger partial charge in [-0.25, -0.2) is 0 Å². The summed E-state index contributed by atoms with van der Waals surface area (Å²) in [5.74, 6) is 1.31. The number of hydrogen-bond acceptors (Lipinski definition) is 4. The van der Waals surface area contributed by atoms with E-state index in [-0.39, 0.29) is 0 Å². The Balaban J connectivity index is 1.76. The van der Waals surface area contributed by atoms with Crippen LogP contribution in [0.3, 0.4) is 0 Å². The first kappa shape index (κ1) is 15.6. The zero-order chi connectivity index (χ0) is 13.6. The number of nitrogens with zero attached hydrogens (tertiary/aromatic N) is 2. The third-order valence-corrected chi connectivity index (χ3v) is 5.39. The largest absolute Gasteiger partial charge is 0.383 e. The Morgan fingerprint density at radius 3 is 2.63 bits per heavy atom. The average Bonchev–Trinajstić information content (AvgIpc) is 2.80. The van der Waals surface area contributed by atoms with Gasteiger partial charge in [-0.1, -0.05) is 0 Å². The van der Waals surface area contributed by atoms with Gasteiger partial charge in [-0.3, -0.25) is 0 Å². The summed E-state index contributed by atoms with van der Waals surface area (Å²) in [6, 6.07) is 0. The number of hydrogen-bond donors (Lipinski definition) is 0. The van der Waals surface area contributed by atoms with Crippen LogP contribution in [0.4, 0.5) is 0 Å². The van der Waals surface area contributed by atoms with E-state index in [1.54, 1.807) is 0 Å². The molecule has 1 spiro atoms. The maximum Gasteiger partial charge on any atom is 0.0589 e. The zero-order valence-electron chi connectivity index (χ0n) is 12.7. The minimum atomic E-state index is 0.603. The first-order chi connectivity index (χ1) is 9.28. The minimum Gasteiger partial charge on any atom is -0.383 e. The van der Waals surface area contributed by atoms with Gasteiger partial charge < -0.3 is 14.5 Å². The lowest BCUT2D eigenvalue weighted by molar-refractivity contribution is 0.0679. The first-order valence-electron chi connectivity index (χ1n) is 7.71. The van der Waals surface area contributed by atoms with Gasteiger partial charge in [0.05, 0.1) is 6.61 Å². The van der Waals surface area contributed by atoms with Crippen LogP contribution in [0.25, 0.3) is 0 Å². The fraction of sp³-hybridized carbons (Fsp3) is 1.00. The Morgan fingerprint density at radius 1 is 1.11 bits per heavy atom. The lowest BCUT2D eigenvalue weighted by Crippen LogP contribution is -2.45. The maximum atomic E-state index is 5.23. The monoisotopic (exact) mass is 286 g/mol. The van der Waals surface area contributed by atoms with E-state index in [1.807, 2.05) is 18.9 Å². The highest BCUT2D eigenvalue weighted by Crippen LogP contribution is 2.38. The van der Waals surface area contributed by atoms with E-state index in [0.717, 1.165) is 13.2 Å². The van der Waals surface area contributed by atoms with Crippen LogP contribution < -0.4 is 0 Å². The molecule has 2 rings (SSSR count). The molecule has 0 amide bonds. The highest BCUT2D eigenvalue weighted by Gasteiger charge is 2.40. The normalized spacial score (nSPS) is 29.4. The van der Waals surface area contributed by atoms with Crippen molar-refractivity contribution in [3.05, 3.63) is 0 Å². The molecule has 2 aliphatic heterocycles. The molecule has 19 heavy (non-hydrogen) atoms. The van der Waals surface area contributed by atoms with E-state index in [0.29, 0.717) is 5.41 Å². The molecule has 2 aliphatic rings. The number of methoxy groups -OCH3 is 1. The van der Waals surface area contributed by atoms with Crippen molar-refractivity contribution < 1.29 is 4.74 Å². The highest BCUT2D eigenvalue weighted by atomic mass is 32.2. The molecule has 0 saturated carbocycles. The standard InChI is InChI=1S/C15H30N2OS/c1-18-11-10-17-7-3-5-15(14-17)6-9-16(13-15)8-4-12-19-2/h3-14H2,1-2H3/t15-/m1/s1. The summed E-state index contributed by atoms with van der Waals surface area (Å²) in [5.41, 5.74) is 0.603. The van der Waals surface area contributed by atoms with E-state index in [2.05, 4.69) is 16.1 Å². The second kappa shape index (κ2) is 7.87. The lowest BCUT2D eigenvalue weighted by atomic mass is 9.79. The summed E-state index contributed by atoms with van der Waals surface area (Å²) in [5, 5.41) is 0. The molecule has 0 bridgehead atoms. The zero-order valence-corrected chi connectivity index (χ0v) is 13.5. The van der Waals surface area contributed by atoms with Gasteiger partial charge >= 0.3 is 0 Å². The summed E-state index contributed by atoms with van der Waals surface area (Å²) >= 11 is 1.97. The molecule has 2 fully saturated rings. The van der Waals surface area contributed by atoms with E-state index in [9.17, 15) is 0 Å². The predicted octanol–water partition coefficient (Wildman–Crippen LogP) is 2.17. The molecule has 4 heteroatoms. The van der Waals surface area contributed by atoms with Crippen LogP contribution in [-0.4, -0.2) is 74.8 Å². The van der Waals surface area contributed by atoms with Crippen molar-refractivity contribution >= 4 is 11.8 Å². The van der Waals surface area contributed by atoms with Crippen molar-refractivity contribution in [3.63, 3.8) is 0 Å². The van der Waals surface area contributed by atoms with Crippen molar-refractivity contribution in [3.8, 4) is 0 Å². The molecule has 2 heterocycles. The third kappa shape index (κ3) is 4.62. The highest BCUT2D eigenvalue weighted by molar-refractivity contribution is 7.98. The topological polar surface area (TPSA) is 15.7 Å². The SMILES string of the molecule is COCCN1CCC[C@]2(CCN(CCCSC)C2)C1. The van der Waals surface area contributed by atoms with Crippen LogP contribution >= 0.6 is 11.8 Å². The summed E-state index contributed by atoms with van der Waals surface area (Å²) in [6.45, 7) is 8.54. The predicted molar refractivity (Wildman–Crippen MR) is 84.0 cm³/mol. The maximum absolute atomic E-state index is 5.23. The van der Waals surface area contributed by atoms with Gasteiger partial charge in [-0.15, -0.1) is 0 Å². The fourth-order valence-electron chi connectivity index (χ4n) is 3.71. The van der Waals surface area contributed by atoms with Crippen molar-refractivity contribution in [2.75, 3.05) is 65.0 Å². The van der Waals surface area contributed by atoms with Crippen molar-refractivity contribution in [2.24, 2.45) is 5.41 Å². The van der Waals surface area contributed by atoms with Crippen molar-refractivity contribution in [1.29, 1.82) is 0 Å². The summed E-state index contributed by atoms with van der Waals surface area (Å²) in [7, 11) is 1.81. The van der Waals surface area contributed by atoms with Gasteiger partial charge in [-0.05, 0) is 62.7 Å². The van der Waals surface area contributed by atoms with Crippen molar-refractivity contribution in [2.45, 2.75) is 25.7 Å². The number of thioether (sulfide) groups is 1. The Kier molecular flexibility index (Phi) is 6.46. The molecule has 0 aromatic heterocycles. The van der Waals surface area contributed by atoms with Crippen LogP contribution in [0, 0.1) is 5.41 Å². The van der Waals surface area contributed by atoms with Crippen LogP contribution in [-0.2, 0) is 4.74 Å². The third-order valence-electron chi connectivity index (χ3n) is 4.69. The lowest BCUT2D eigenvalue weighted by Gasteiger charge is -2.40. The van der Waals surface area contributed by atoms with Gasteiger partial charge in [0.25, 0.3) is 0 Å². The molecular formula is C15H30N2OS. The fourth-order valence-corrected chi connectivity index (χ4v) is 4.12. The Labute approximate surface area is 123 Å². The van der Waals surface area contributed by atoms with Gasteiger partial charge in [0.15, 0.2) is 0 Å². The Bertz CT molecular complexity index is 265. The molecule has 0 aromatic rings. The number of rotatable bonds is 7. The van der Waals surface area contributed by atoms with Gasteiger partial charge in [0.2, 0.25) is 0 Å². The van der Waals surface area contributed by atoms with E-state index in [4.69, 9.17) is 4.74 Å². The second-order valence-electron chi connectivity index (χ2n) is 6.25. The van der Waals surface area contributed by atoms with Gasteiger partial charge in [-0.2, -0.15) is 11.8 Å². The van der Waals surface area contributed by atoms with Crippen molar-refractivity contribution in [1.82, 2.24) is 9.80 Å². The molecular weight excluding hydrogens is 256 g/mol. The summed E-state index contributed by atoms with van der Waals surface area (Å²) in [4.78, 5) is 5.33. The first-order valence-corrected chi connectivity index (χ1v) is 9.10. The van der Waals surface area contributed by atoms with E-state index < -0.39 is 0 Å². The second-order valence-corrected chi connectivity index (χ2v) is 7.23. The molecule has 2 saturated heterocycles. The van der Waals surface area contributed by atoms with E-state index >= 15 is 0 Å². The van der Waals surface area contributed by atoms with Gasteiger partial charge in [0, 0.05) is 26.7 Å². The molecule has 0 unspecified atom stereocenters. The smallest absolute Gasteiger partial charge is 0.0589 e.